The van der Waals surface area contributed by atoms with Gasteiger partial charge in [-0.05, 0) is 19.4 Å². The quantitative estimate of drug-likeness (QED) is 0.507. The van der Waals surface area contributed by atoms with Gasteiger partial charge in [-0.2, -0.15) is 13.0 Å². The zero-order valence-corrected chi connectivity index (χ0v) is 13.0. The lowest BCUT2D eigenvalue weighted by Crippen LogP contribution is -2.35. The van der Waals surface area contributed by atoms with E-state index in [1.165, 1.54) is 4.70 Å². The van der Waals surface area contributed by atoms with E-state index in [1.54, 1.807) is 11.3 Å². The van der Waals surface area contributed by atoms with Crippen LogP contribution in [0.15, 0.2) is 30.3 Å². The lowest BCUT2D eigenvalue weighted by Gasteiger charge is -1.98. The maximum atomic E-state index is 10.7. The number of unbranched alkanes of at least 4 members (excludes halogenated alkanes) is 1. The topological polar surface area (TPSA) is 58.2 Å². The lowest BCUT2D eigenvalue weighted by atomic mass is 10.3. The van der Waals surface area contributed by atoms with Crippen LogP contribution >= 0.6 is 11.3 Å². The van der Waals surface area contributed by atoms with Crippen molar-refractivity contribution in [1.82, 2.24) is 0 Å². The second-order valence-corrected chi connectivity index (χ2v) is 7.19. The molecule has 4 nitrogen and oxygen atoms in total. The van der Waals surface area contributed by atoms with Crippen molar-refractivity contribution < 1.29 is 17.5 Å². The smallest absolute Gasteiger partial charge is 0.264 e. The van der Waals surface area contributed by atoms with Crippen molar-refractivity contribution >= 4 is 37.7 Å². The summed E-state index contributed by atoms with van der Waals surface area (Å²) in [5.74, 6) is -0.172. The first-order chi connectivity index (χ1) is 9.51. The van der Waals surface area contributed by atoms with Gasteiger partial charge in [0.25, 0.3) is 15.1 Å². The van der Waals surface area contributed by atoms with E-state index in [0.29, 0.717) is 6.42 Å². The summed E-state index contributed by atoms with van der Waals surface area (Å²) in [5, 5.41) is 1.15. The second-order valence-electron chi connectivity index (χ2n) is 4.55. The Kier molecular flexibility index (Phi) is 4.91. The minimum atomic E-state index is -3.85. The van der Waals surface area contributed by atoms with Crippen LogP contribution in [0.4, 0.5) is 0 Å². The Labute approximate surface area is 123 Å². The molecule has 0 aliphatic carbocycles. The molecule has 2 rings (SSSR count). The molecule has 1 aromatic carbocycles. The van der Waals surface area contributed by atoms with Gasteiger partial charge in [0.1, 0.15) is 4.70 Å². The molecule has 2 aromatic rings. The third kappa shape index (κ3) is 3.88. The van der Waals surface area contributed by atoms with Crippen molar-refractivity contribution in [3.63, 3.8) is 0 Å². The summed E-state index contributed by atoms with van der Waals surface area (Å²) in [5.41, 5.74) is 1.16. The highest BCUT2D eigenvalue weighted by molar-refractivity contribution is 7.85. The number of benzene rings is 1. The van der Waals surface area contributed by atoms with Crippen LogP contribution in [0.1, 0.15) is 24.8 Å². The summed E-state index contributed by atoms with van der Waals surface area (Å²) in [6, 6.07) is 8.17. The van der Waals surface area contributed by atoms with Crippen LogP contribution in [0.2, 0.25) is 0 Å². The van der Waals surface area contributed by atoms with Crippen LogP contribution in [0.5, 0.6) is 0 Å². The Hall–Kier alpha value is -1.24. The number of aromatic nitrogens is 1. The van der Waals surface area contributed by atoms with Crippen LogP contribution in [-0.4, -0.2) is 18.7 Å². The minimum absolute atomic E-state index is 0.172. The molecule has 0 unspecified atom stereocenters. The molecule has 0 bridgehead atoms. The van der Waals surface area contributed by atoms with Crippen LogP contribution in [-0.2, 0) is 16.7 Å². The fourth-order valence-electron chi connectivity index (χ4n) is 2.10. The van der Waals surface area contributed by atoms with E-state index >= 15 is 0 Å². The number of hydrogen-bond donors (Lipinski definition) is 1. The third-order valence-electron chi connectivity index (χ3n) is 2.98. The van der Waals surface area contributed by atoms with E-state index in [9.17, 15) is 8.42 Å². The fraction of sp³-hybridized carbons (Fsp3) is 0.357. The molecule has 0 spiro atoms. The molecule has 1 N–H and O–H groups in total. The van der Waals surface area contributed by atoms with Crippen LogP contribution in [0, 0.1) is 0 Å². The molecule has 0 atom stereocenters. The van der Waals surface area contributed by atoms with Crippen molar-refractivity contribution in [3.05, 3.63) is 35.3 Å². The molecule has 20 heavy (non-hydrogen) atoms. The molecule has 0 radical (unpaired) electrons. The van der Waals surface area contributed by atoms with Gasteiger partial charge in [-0.15, -0.1) is 0 Å². The maximum absolute atomic E-state index is 10.7. The first kappa shape index (κ1) is 15.2. The van der Waals surface area contributed by atoms with E-state index in [0.717, 1.165) is 23.5 Å². The molecule has 0 amide bonds. The van der Waals surface area contributed by atoms with E-state index < -0.39 is 10.1 Å². The number of aryl methyl sites for hydroxylation is 1. The SMILES string of the molecule is C/C=C/c1sc2ccccc2[n+]1CCCCS(=O)(=O)O. The first-order valence-corrected chi connectivity index (χ1v) is 8.93. The molecule has 0 aliphatic rings. The first-order valence-electron chi connectivity index (χ1n) is 6.50. The number of thiazole rings is 1. The second kappa shape index (κ2) is 6.47. The Morgan fingerprint density at radius 2 is 2.05 bits per heavy atom. The molecular formula is C14H18NO3S2+. The Balaban J connectivity index is 2.17. The zero-order valence-electron chi connectivity index (χ0n) is 11.3. The number of para-hydroxylation sites is 1. The number of allylic oxidation sites excluding steroid dienone is 1. The van der Waals surface area contributed by atoms with Gasteiger partial charge in [0.15, 0.2) is 6.54 Å². The van der Waals surface area contributed by atoms with Crippen LogP contribution in [0.25, 0.3) is 16.3 Å². The Morgan fingerprint density at radius 1 is 1.30 bits per heavy atom. The predicted molar refractivity (Wildman–Crippen MR) is 82.4 cm³/mol. The highest BCUT2D eigenvalue weighted by atomic mass is 32.2. The van der Waals surface area contributed by atoms with Gasteiger partial charge in [-0.3, -0.25) is 4.55 Å². The van der Waals surface area contributed by atoms with Crippen molar-refractivity contribution in [2.75, 3.05) is 5.75 Å². The molecule has 0 fully saturated rings. The molecule has 108 valence electrons. The van der Waals surface area contributed by atoms with Gasteiger partial charge >= 0.3 is 0 Å². The van der Waals surface area contributed by atoms with E-state index in [2.05, 4.69) is 22.8 Å². The summed E-state index contributed by atoms with van der Waals surface area (Å²) in [4.78, 5) is 0. The molecule has 0 saturated carbocycles. The van der Waals surface area contributed by atoms with Crippen molar-refractivity contribution in [3.8, 4) is 0 Å². The highest BCUT2D eigenvalue weighted by Gasteiger charge is 2.17. The average Bonchev–Trinajstić information content (AvgIpc) is 2.72. The van der Waals surface area contributed by atoms with Gasteiger partial charge in [-0.1, -0.05) is 29.5 Å². The third-order valence-corrected chi connectivity index (χ3v) is 4.92. The van der Waals surface area contributed by atoms with Crippen molar-refractivity contribution in [1.29, 1.82) is 0 Å². The standard InChI is InChI=1S/C14H17NO3S2/c1-2-7-14-15(10-5-6-11-20(16,17)18)12-8-3-4-9-13(12)19-14/h2-4,7-9H,5-6,10-11H2,1H3/p+1/b7-2+. The number of fused-ring (bicyclic) bond motifs is 1. The van der Waals surface area contributed by atoms with Crippen molar-refractivity contribution in [2.45, 2.75) is 26.3 Å². The molecule has 6 heteroatoms. The molecular weight excluding hydrogens is 294 g/mol. The highest BCUT2D eigenvalue weighted by Crippen LogP contribution is 2.21. The summed E-state index contributed by atoms with van der Waals surface area (Å²) in [6.07, 6.45) is 5.24. The molecule has 1 heterocycles. The van der Waals surface area contributed by atoms with Gasteiger partial charge in [0.05, 0.1) is 5.75 Å². The zero-order chi connectivity index (χ0) is 14.6. The van der Waals surface area contributed by atoms with E-state index in [1.807, 2.05) is 25.1 Å². The molecule has 0 aliphatic heterocycles. The Morgan fingerprint density at radius 3 is 2.75 bits per heavy atom. The van der Waals surface area contributed by atoms with Gasteiger partial charge < -0.3 is 0 Å². The van der Waals surface area contributed by atoms with E-state index in [4.69, 9.17) is 4.55 Å². The summed E-state index contributed by atoms with van der Waals surface area (Å²) in [7, 11) is -3.85. The molecule has 0 saturated heterocycles. The summed E-state index contributed by atoms with van der Waals surface area (Å²) < 4.78 is 33.6. The minimum Gasteiger partial charge on any atom is -0.286 e. The summed E-state index contributed by atoms with van der Waals surface area (Å²) >= 11 is 1.72. The normalized spacial score (nSPS) is 12.5. The van der Waals surface area contributed by atoms with Gasteiger partial charge in [-0.25, -0.2) is 0 Å². The molecule has 1 aromatic heterocycles. The largest absolute Gasteiger partial charge is 0.286 e. The monoisotopic (exact) mass is 312 g/mol. The van der Waals surface area contributed by atoms with E-state index in [-0.39, 0.29) is 5.75 Å². The number of hydrogen-bond acceptors (Lipinski definition) is 3. The van der Waals surface area contributed by atoms with Crippen LogP contribution < -0.4 is 4.57 Å². The Bertz CT molecular complexity index is 717. The lowest BCUT2D eigenvalue weighted by molar-refractivity contribution is -0.669. The predicted octanol–water partition coefficient (Wildman–Crippen LogP) is 2.89. The number of nitrogens with zero attached hydrogens (tertiary/aromatic N) is 1. The van der Waals surface area contributed by atoms with Gasteiger partial charge in [0, 0.05) is 18.6 Å². The van der Waals surface area contributed by atoms with Crippen LogP contribution in [0.3, 0.4) is 0 Å². The average molecular weight is 312 g/mol. The summed E-state index contributed by atoms with van der Waals surface area (Å²) in [6.45, 7) is 2.73. The number of rotatable bonds is 6. The van der Waals surface area contributed by atoms with Crippen molar-refractivity contribution in [2.24, 2.45) is 0 Å². The fourth-order valence-corrected chi connectivity index (χ4v) is 3.83. The van der Waals surface area contributed by atoms with Gasteiger partial charge in [0.2, 0.25) is 5.52 Å². The maximum Gasteiger partial charge on any atom is 0.264 e.